The summed E-state index contributed by atoms with van der Waals surface area (Å²) >= 11 is 0. The number of hydrogen-bond acceptors (Lipinski definition) is 6. The Balaban J connectivity index is 1.60. The molecular weight excluding hydrogens is 528 g/mol. The van der Waals surface area contributed by atoms with Crippen LogP contribution in [0.1, 0.15) is 127 Å². The molecule has 236 valence electrons. The first kappa shape index (κ1) is 31.6. The molecule has 0 amide bonds. The van der Waals surface area contributed by atoms with Gasteiger partial charge in [0.15, 0.2) is 0 Å². The van der Waals surface area contributed by atoms with Crippen LogP contribution >= 0.6 is 0 Å². The standard InChI is InChI=1S/C36H56O6/c1-22(37)40-21-32(6)15-16-33(7)17-18-35(9)25(26(33)20-32)19-27(41-23(2)38)30-34(8)13-12-29(42-24(3)39)31(4,5)28(34)11-14-36(30,35)10/h19,26-30H,11-18,20-21H2,1-10H3/t26-,27?,28-,29-,30+,32-,33+,34-,35+,36+/m0/s1. The molecule has 6 heteroatoms. The maximum absolute atomic E-state index is 12.7. The summed E-state index contributed by atoms with van der Waals surface area (Å²) in [6.07, 6.45) is 11.5. The number of rotatable bonds is 4. The number of carbonyl (C=O) groups is 3. The number of hydrogen-bond donors (Lipinski definition) is 0. The molecule has 10 atom stereocenters. The number of carbonyl (C=O) groups excluding carboxylic acids is 3. The highest BCUT2D eigenvalue weighted by Crippen LogP contribution is 2.76. The van der Waals surface area contributed by atoms with E-state index in [0.717, 1.165) is 51.4 Å². The molecule has 0 aliphatic heterocycles. The molecule has 4 saturated carbocycles. The van der Waals surface area contributed by atoms with E-state index in [2.05, 4.69) is 54.5 Å². The SMILES string of the molecule is CC(=O)OC[C@@]1(C)CC[C@]2(C)CC[C@]3(C)C(=CC(OC(C)=O)[C@@H]4[C@@]5(C)CC[C@H](OC(C)=O)C(C)(C)[C@@H]5CC[C@]43C)[C@@H]2C1. The summed E-state index contributed by atoms with van der Waals surface area (Å²) in [7, 11) is 0. The fraction of sp³-hybridized carbons (Fsp3) is 0.861. The van der Waals surface area contributed by atoms with Gasteiger partial charge in [-0.15, -0.1) is 0 Å². The molecule has 1 unspecified atom stereocenters. The van der Waals surface area contributed by atoms with Crippen molar-refractivity contribution in [3.8, 4) is 0 Å². The maximum atomic E-state index is 12.7. The van der Waals surface area contributed by atoms with E-state index in [-0.39, 0.29) is 68.5 Å². The molecule has 42 heavy (non-hydrogen) atoms. The average Bonchev–Trinajstić information content (AvgIpc) is 2.86. The minimum atomic E-state index is -0.284. The third kappa shape index (κ3) is 4.67. The van der Waals surface area contributed by atoms with Crippen LogP contribution in [0.4, 0.5) is 0 Å². The zero-order valence-electron chi connectivity index (χ0n) is 28.0. The van der Waals surface area contributed by atoms with Crippen molar-refractivity contribution < 1.29 is 28.6 Å². The lowest BCUT2D eigenvalue weighted by molar-refractivity contribution is -0.234. The molecule has 0 spiro atoms. The topological polar surface area (TPSA) is 78.9 Å². The largest absolute Gasteiger partial charge is 0.465 e. The Hall–Kier alpha value is -1.85. The number of allylic oxidation sites excluding steroid dienone is 1. The summed E-state index contributed by atoms with van der Waals surface area (Å²) in [5.41, 5.74) is 1.34. The average molecular weight is 585 g/mol. The van der Waals surface area contributed by atoms with Crippen LogP contribution in [0.15, 0.2) is 11.6 Å². The van der Waals surface area contributed by atoms with Crippen LogP contribution in [-0.4, -0.2) is 36.7 Å². The zero-order valence-corrected chi connectivity index (χ0v) is 28.0. The first-order chi connectivity index (χ1) is 19.3. The summed E-state index contributed by atoms with van der Waals surface area (Å²) in [5.74, 6) is 0.266. The van der Waals surface area contributed by atoms with Gasteiger partial charge in [0.25, 0.3) is 0 Å². The molecule has 6 nitrogen and oxygen atoms in total. The highest BCUT2D eigenvalue weighted by molar-refractivity contribution is 5.67. The van der Waals surface area contributed by atoms with Gasteiger partial charge in [-0.05, 0) is 97.4 Å². The van der Waals surface area contributed by atoms with E-state index in [0.29, 0.717) is 18.4 Å². The summed E-state index contributed by atoms with van der Waals surface area (Å²) in [6, 6.07) is 0. The molecule has 0 bridgehead atoms. The van der Waals surface area contributed by atoms with Crippen molar-refractivity contribution in [2.24, 2.45) is 50.2 Å². The van der Waals surface area contributed by atoms with E-state index in [1.807, 2.05) is 0 Å². The van der Waals surface area contributed by atoms with Gasteiger partial charge in [-0.25, -0.2) is 0 Å². The highest BCUT2D eigenvalue weighted by atomic mass is 16.5. The second-order valence-electron chi connectivity index (χ2n) is 17.0. The lowest BCUT2D eigenvalue weighted by atomic mass is 9.33. The second-order valence-corrected chi connectivity index (χ2v) is 17.0. The molecular formula is C36H56O6. The lowest BCUT2D eigenvalue weighted by Gasteiger charge is -2.72. The summed E-state index contributed by atoms with van der Waals surface area (Å²) in [5, 5.41) is 0. The molecule has 0 aromatic carbocycles. The molecule has 0 radical (unpaired) electrons. The van der Waals surface area contributed by atoms with E-state index in [9.17, 15) is 14.4 Å². The molecule has 5 rings (SSSR count). The van der Waals surface area contributed by atoms with Gasteiger partial charge >= 0.3 is 17.9 Å². The molecule has 5 aliphatic rings. The van der Waals surface area contributed by atoms with Crippen LogP contribution in [0.3, 0.4) is 0 Å². The molecule has 4 fully saturated rings. The third-order valence-corrected chi connectivity index (χ3v) is 14.0. The van der Waals surface area contributed by atoms with Gasteiger partial charge in [-0.2, -0.15) is 0 Å². The molecule has 0 heterocycles. The minimum Gasteiger partial charge on any atom is -0.465 e. The van der Waals surface area contributed by atoms with Crippen molar-refractivity contribution in [1.29, 1.82) is 0 Å². The monoisotopic (exact) mass is 584 g/mol. The summed E-state index contributed by atoms with van der Waals surface area (Å²) in [6.45, 7) is 21.8. The normalized spacial score (nSPS) is 47.4. The fourth-order valence-corrected chi connectivity index (χ4v) is 11.6. The van der Waals surface area contributed by atoms with E-state index < -0.39 is 0 Å². The van der Waals surface area contributed by atoms with Crippen molar-refractivity contribution in [2.45, 2.75) is 139 Å². The van der Waals surface area contributed by atoms with Crippen molar-refractivity contribution >= 4 is 17.9 Å². The van der Waals surface area contributed by atoms with Gasteiger partial charge in [0, 0.05) is 37.5 Å². The Morgan fingerprint density at radius 3 is 2.05 bits per heavy atom. The van der Waals surface area contributed by atoms with Gasteiger partial charge in [0.05, 0.1) is 6.61 Å². The van der Waals surface area contributed by atoms with Crippen LogP contribution in [0, 0.1) is 50.2 Å². The van der Waals surface area contributed by atoms with Crippen molar-refractivity contribution in [3.05, 3.63) is 11.6 Å². The van der Waals surface area contributed by atoms with Crippen LogP contribution in [0.25, 0.3) is 0 Å². The number of esters is 3. The Bertz CT molecular complexity index is 1170. The smallest absolute Gasteiger partial charge is 0.303 e. The minimum absolute atomic E-state index is 0.0109. The summed E-state index contributed by atoms with van der Waals surface area (Å²) < 4.78 is 17.9. The van der Waals surface area contributed by atoms with Gasteiger partial charge in [-0.1, -0.05) is 54.0 Å². The molecule has 0 saturated heterocycles. The molecule has 0 aromatic rings. The van der Waals surface area contributed by atoms with Gasteiger partial charge in [-0.3, -0.25) is 14.4 Å². The Morgan fingerprint density at radius 2 is 1.43 bits per heavy atom. The predicted octanol–water partition coefficient (Wildman–Crippen LogP) is 7.82. The maximum Gasteiger partial charge on any atom is 0.303 e. The lowest BCUT2D eigenvalue weighted by Crippen LogP contribution is -2.67. The highest BCUT2D eigenvalue weighted by Gasteiger charge is 2.70. The predicted molar refractivity (Wildman–Crippen MR) is 162 cm³/mol. The molecule has 0 N–H and O–H groups in total. The van der Waals surface area contributed by atoms with Crippen LogP contribution in [-0.2, 0) is 28.6 Å². The molecule has 0 aromatic heterocycles. The van der Waals surface area contributed by atoms with Crippen LogP contribution < -0.4 is 0 Å². The van der Waals surface area contributed by atoms with Crippen LogP contribution in [0.5, 0.6) is 0 Å². The Labute approximate surface area is 254 Å². The van der Waals surface area contributed by atoms with E-state index in [4.69, 9.17) is 14.2 Å². The zero-order chi connectivity index (χ0) is 31.1. The Kier molecular flexibility index (Phi) is 7.58. The van der Waals surface area contributed by atoms with Gasteiger partial charge in [0.1, 0.15) is 12.2 Å². The van der Waals surface area contributed by atoms with Gasteiger partial charge in [0.2, 0.25) is 0 Å². The molecule has 5 aliphatic carbocycles. The first-order valence-electron chi connectivity index (χ1n) is 16.5. The summed E-state index contributed by atoms with van der Waals surface area (Å²) in [4.78, 5) is 36.5. The third-order valence-electron chi connectivity index (χ3n) is 14.0. The number of fused-ring (bicyclic) bond motifs is 7. The van der Waals surface area contributed by atoms with Gasteiger partial charge < -0.3 is 14.2 Å². The second kappa shape index (κ2) is 10.1. The van der Waals surface area contributed by atoms with E-state index in [1.165, 1.54) is 25.8 Å². The van der Waals surface area contributed by atoms with E-state index >= 15 is 0 Å². The Morgan fingerprint density at radius 1 is 0.786 bits per heavy atom. The fourth-order valence-electron chi connectivity index (χ4n) is 11.6. The van der Waals surface area contributed by atoms with Crippen molar-refractivity contribution in [2.75, 3.05) is 6.61 Å². The quantitative estimate of drug-likeness (QED) is 0.190. The van der Waals surface area contributed by atoms with Crippen LogP contribution in [0.2, 0.25) is 0 Å². The van der Waals surface area contributed by atoms with E-state index in [1.54, 1.807) is 6.92 Å². The van der Waals surface area contributed by atoms with Crippen molar-refractivity contribution in [1.82, 2.24) is 0 Å². The number of ether oxygens (including phenoxy) is 3. The first-order valence-corrected chi connectivity index (χ1v) is 16.5. The van der Waals surface area contributed by atoms with Crippen molar-refractivity contribution in [3.63, 3.8) is 0 Å².